The van der Waals surface area contributed by atoms with Crippen LogP contribution in [-0.2, 0) is 24.2 Å². The Kier molecular flexibility index (Phi) is 13.9. The first-order valence-corrected chi connectivity index (χ1v) is 14.4. The number of halogens is 2. The molecular formula is C34H44Cl2N4O3. The highest BCUT2D eigenvalue weighted by molar-refractivity contribution is 5.93. The van der Waals surface area contributed by atoms with E-state index < -0.39 is 0 Å². The molecule has 1 aliphatic heterocycles. The lowest BCUT2D eigenvalue weighted by atomic mass is 10.0. The van der Waals surface area contributed by atoms with E-state index in [1.165, 1.54) is 11.1 Å². The number of aryl methyl sites for hydroxylation is 4. The standard InChI is InChI=1S/C34H40N4O2.2ClH.H2O/c1-5-26-10-14-28(15-11-26)33-34(29-16-12-27(6-2)13-17-29)40-31(36-33)23-38-20-18-37(19-21-38)22-30(39)35-32-24(3)8-7-9-25(32)4;;;/h7-17H,5-6,18-23H2,1-4H3,(H,35,39);2*1H;1H2. The maximum Gasteiger partial charge on any atom is 0.238 e. The molecule has 0 bridgehead atoms. The molecule has 0 aliphatic carbocycles. The number of amides is 1. The Labute approximate surface area is 267 Å². The number of nitrogens with zero attached hydrogens (tertiary/aromatic N) is 3. The summed E-state index contributed by atoms with van der Waals surface area (Å²) >= 11 is 0. The third kappa shape index (κ3) is 8.91. The Balaban J connectivity index is 0.00000215. The fourth-order valence-electron chi connectivity index (χ4n) is 5.30. The molecule has 9 heteroatoms. The molecule has 3 aromatic carbocycles. The van der Waals surface area contributed by atoms with Crippen LogP contribution in [0.2, 0.25) is 0 Å². The van der Waals surface area contributed by atoms with Gasteiger partial charge in [0.25, 0.3) is 0 Å². The van der Waals surface area contributed by atoms with Crippen molar-refractivity contribution in [3.8, 4) is 22.6 Å². The Morgan fingerprint density at radius 3 is 1.84 bits per heavy atom. The second kappa shape index (κ2) is 16.6. The van der Waals surface area contributed by atoms with Gasteiger partial charge in [-0.2, -0.15) is 0 Å². The maximum atomic E-state index is 12.8. The minimum Gasteiger partial charge on any atom is -0.439 e. The molecule has 0 atom stereocenters. The van der Waals surface area contributed by atoms with Crippen molar-refractivity contribution in [2.75, 3.05) is 38.0 Å². The number of carbonyl (C=O) groups is 1. The number of rotatable bonds is 9. The average molecular weight is 628 g/mol. The molecule has 232 valence electrons. The monoisotopic (exact) mass is 626 g/mol. The van der Waals surface area contributed by atoms with Crippen molar-refractivity contribution in [1.29, 1.82) is 0 Å². The SMILES string of the molecule is CCc1ccc(-c2nc(CN3CCN(CC(=O)Nc4c(C)cccc4C)CC3)oc2-c2ccc(CC)cc2)cc1.Cl.Cl.O. The van der Waals surface area contributed by atoms with Gasteiger partial charge in [0.05, 0.1) is 13.1 Å². The number of oxazole rings is 1. The number of carbonyl (C=O) groups excluding carboxylic acids is 1. The largest absolute Gasteiger partial charge is 0.439 e. The van der Waals surface area contributed by atoms with E-state index >= 15 is 0 Å². The zero-order chi connectivity index (χ0) is 28.1. The summed E-state index contributed by atoms with van der Waals surface area (Å²) in [5.41, 5.74) is 8.72. The molecule has 7 nitrogen and oxygen atoms in total. The summed E-state index contributed by atoms with van der Waals surface area (Å²) in [4.78, 5) is 22.3. The predicted octanol–water partition coefficient (Wildman–Crippen LogP) is 6.53. The number of hydrogen-bond donors (Lipinski definition) is 1. The normalized spacial score (nSPS) is 13.4. The van der Waals surface area contributed by atoms with E-state index in [0.29, 0.717) is 13.1 Å². The first-order chi connectivity index (χ1) is 19.4. The second-order valence-corrected chi connectivity index (χ2v) is 10.8. The van der Waals surface area contributed by atoms with Gasteiger partial charge in [0.15, 0.2) is 5.76 Å². The third-order valence-corrected chi connectivity index (χ3v) is 7.87. The van der Waals surface area contributed by atoms with Gasteiger partial charge < -0.3 is 15.2 Å². The average Bonchev–Trinajstić information content (AvgIpc) is 3.40. The third-order valence-electron chi connectivity index (χ3n) is 7.87. The van der Waals surface area contributed by atoms with E-state index in [-0.39, 0.29) is 36.2 Å². The number of aromatic nitrogens is 1. The smallest absolute Gasteiger partial charge is 0.238 e. The fraction of sp³-hybridized carbons (Fsp3) is 0.353. The summed E-state index contributed by atoms with van der Waals surface area (Å²) < 4.78 is 6.44. The number of benzene rings is 3. The molecule has 0 saturated carbocycles. The molecule has 3 N–H and O–H groups in total. The minimum atomic E-state index is 0. The van der Waals surface area contributed by atoms with Crippen molar-refractivity contribution in [2.45, 2.75) is 47.1 Å². The highest BCUT2D eigenvalue weighted by atomic mass is 35.5. The maximum absolute atomic E-state index is 12.8. The van der Waals surface area contributed by atoms with E-state index in [1.54, 1.807) is 0 Å². The molecule has 1 amide bonds. The topological polar surface area (TPSA) is 93.1 Å². The lowest BCUT2D eigenvalue weighted by Gasteiger charge is -2.33. The van der Waals surface area contributed by atoms with Gasteiger partial charge in [0, 0.05) is 43.0 Å². The van der Waals surface area contributed by atoms with Gasteiger partial charge in [-0.25, -0.2) is 4.98 Å². The summed E-state index contributed by atoms with van der Waals surface area (Å²) in [6.07, 6.45) is 2.02. The summed E-state index contributed by atoms with van der Waals surface area (Å²) in [6, 6.07) is 23.3. The molecule has 1 aromatic heterocycles. The Morgan fingerprint density at radius 2 is 1.30 bits per heavy atom. The van der Waals surface area contributed by atoms with E-state index in [4.69, 9.17) is 9.40 Å². The molecule has 1 aliphatic rings. The van der Waals surface area contributed by atoms with Crippen LogP contribution in [0.1, 0.15) is 42.0 Å². The van der Waals surface area contributed by atoms with Crippen LogP contribution in [0.5, 0.6) is 0 Å². The van der Waals surface area contributed by atoms with Crippen molar-refractivity contribution in [3.05, 3.63) is 94.9 Å². The molecule has 0 unspecified atom stereocenters. The number of hydrogen-bond acceptors (Lipinski definition) is 5. The van der Waals surface area contributed by atoms with Crippen LogP contribution in [0.15, 0.2) is 71.1 Å². The van der Waals surface area contributed by atoms with E-state index in [9.17, 15) is 4.79 Å². The molecule has 4 aromatic rings. The lowest BCUT2D eigenvalue weighted by molar-refractivity contribution is -0.117. The Morgan fingerprint density at radius 1 is 0.791 bits per heavy atom. The van der Waals surface area contributed by atoms with Crippen LogP contribution in [0.25, 0.3) is 22.6 Å². The number of nitrogens with one attached hydrogen (secondary N) is 1. The zero-order valence-corrected chi connectivity index (χ0v) is 27.1. The number of para-hydroxylation sites is 1. The molecule has 0 radical (unpaired) electrons. The number of anilines is 1. The van der Waals surface area contributed by atoms with Crippen molar-refractivity contribution in [1.82, 2.24) is 14.8 Å². The lowest BCUT2D eigenvalue weighted by Crippen LogP contribution is -2.48. The minimum absolute atomic E-state index is 0. The van der Waals surface area contributed by atoms with Crippen molar-refractivity contribution in [3.63, 3.8) is 0 Å². The highest BCUT2D eigenvalue weighted by Crippen LogP contribution is 2.33. The van der Waals surface area contributed by atoms with E-state index in [1.807, 2.05) is 32.0 Å². The summed E-state index contributed by atoms with van der Waals surface area (Å²) in [5.74, 6) is 1.59. The summed E-state index contributed by atoms with van der Waals surface area (Å²) in [5, 5.41) is 3.11. The molecule has 1 saturated heterocycles. The van der Waals surface area contributed by atoms with Gasteiger partial charge in [-0.1, -0.05) is 80.6 Å². The van der Waals surface area contributed by atoms with E-state index in [2.05, 4.69) is 77.5 Å². The molecule has 43 heavy (non-hydrogen) atoms. The summed E-state index contributed by atoms with van der Waals surface area (Å²) in [6.45, 7) is 12.8. The van der Waals surface area contributed by atoms with Crippen LogP contribution in [0.4, 0.5) is 5.69 Å². The van der Waals surface area contributed by atoms with Gasteiger partial charge in [-0.05, 0) is 48.9 Å². The predicted molar refractivity (Wildman–Crippen MR) is 181 cm³/mol. The van der Waals surface area contributed by atoms with Crippen molar-refractivity contribution >= 4 is 36.4 Å². The molecular weight excluding hydrogens is 583 g/mol. The first kappa shape index (κ1) is 36.0. The van der Waals surface area contributed by atoms with Gasteiger partial charge in [-0.15, -0.1) is 24.8 Å². The van der Waals surface area contributed by atoms with E-state index in [0.717, 1.165) is 84.3 Å². The van der Waals surface area contributed by atoms with Gasteiger partial charge in [0.2, 0.25) is 11.8 Å². The van der Waals surface area contributed by atoms with Gasteiger partial charge in [-0.3, -0.25) is 14.6 Å². The van der Waals surface area contributed by atoms with Gasteiger partial charge in [0.1, 0.15) is 5.69 Å². The van der Waals surface area contributed by atoms with Crippen LogP contribution in [-0.4, -0.2) is 58.9 Å². The molecule has 1 fully saturated rings. The Bertz CT molecular complexity index is 1360. The molecule has 0 spiro atoms. The first-order valence-electron chi connectivity index (χ1n) is 14.4. The van der Waals surface area contributed by atoms with Crippen LogP contribution >= 0.6 is 24.8 Å². The Hall–Kier alpha value is -3.20. The summed E-state index contributed by atoms with van der Waals surface area (Å²) in [7, 11) is 0. The van der Waals surface area contributed by atoms with Crippen molar-refractivity contribution in [2.24, 2.45) is 0 Å². The fourth-order valence-corrected chi connectivity index (χ4v) is 5.30. The van der Waals surface area contributed by atoms with Crippen LogP contribution in [0.3, 0.4) is 0 Å². The second-order valence-electron chi connectivity index (χ2n) is 10.8. The molecule has 2 heterocycles. The highest BCUT2D eigenvalue weighted by Gasteiger charge is 2.23. The van der Waals surface area contributed by atoms with Crippen LogP contribution < -0.4 is 5.32 Å². The van der Waals surface area contributed by atoms with Gasteiger partial charge >= 0.3 is 0 Å². The number of piperazine rings is 1. The van der Waals surface area contributed by atoms with Crippen LogP contribution in [0, 0.1) is 13.8 Å². The molecule has 5 rings (SSSR count). The quantitative estimate of drug-likeness (QED) is 0.228. The zero-order valence-electron chi connectivity index (χ0n) is 25.5. The van der Waals surface area contributed by atoms with Crippen molar-refractivity contribution < 1.29 is 14.7 Å².